The third-order valence-electron chi connectivity index (χ3n) is 3.70. The fraction of sp³-hybridized carbons (Fsp3) is 0.500. The van der Waals surface area contributed by atoms with Crippen LogP contribution in [0.15, 0.2) is 24.3 Å². The molecule has 92 valence electrons. The van der Waals surface area contributed by atoms with Gasteiger partial charge in [0.15, 0.2) is 0 Å². The number of hydrogen-bond acceptors (Lipinski definition) is 2. The van der Waals surface area contributed by atoms with Gasteiger partial charge in [-0.2, -0.15) is 0 Å². The van der Waals surface area contributed by atoms with Crippen molar-refractivity contribution in [2.45, 2.75) is 31.7 Å². The Kier molecular flexibility index (Phi) is 3.79. The van der Waals surface area contributed by atoms with Gasteiger partial charge in [-0.3, -0.25) is 0 Å². The van der Waals surface area contributed by atoms with Gasteiger partial charge >= 0.3 is 5.97 Å². The molecule has 0 spiro atoms. The summed E-state index contributed by atoms with van der Waals surface area (Å²) in [6, 6.07) is 7.61. The zero-order valence-electron chi connectivity index (χ0n) is 10.1. The van der Waals surface area contributed by atoms with Gasteiger partial charge in [-0.1, -0.05) is 25.0 Å². The van der Waals surface area contributed by atoms with Crippen LogP contribution in [0.25, 0.3) is 0 Å². The second kappa shape index (κ2) is 5.32. The van der Waals surface area contributed by atoms with Crippen LogP contribution in [-0.4, -0.2) is 18.1 Å². The molecule has 2 rings (SSSR count). The number of carbonyl (C=O) groups is 1. The molecule has 1 fully saturated rings. The Bertz CT molecular complexity index is 380. The fourth-order valence-electron chi connectivity index (χ4n) is 2.80. The summed E-state index contributed by atoms with van der Waals surface area (Å²) in [5, 5.41) is 12.2. The maximum atomic E-state index is 10.8. The summed E-state index contributed by atoms with van der Waals surface area (Å²) in [5.74, 6) is -0.172. The molecule has 17 heavy (non-hydrogen) atoms. The van der Waals surface area contributed by atoms with Gasteiger partial charge in [-0.05, 0) is 43.5 Å². The van der Waals surface area contributed by atoms with E-state index < -0.39 is 5.97 Å². The quantitative estimate of drug-likeness (QED) is 0.840. The molecule has 0 saturated heterocycles. The topological polar surface area (TPSA) is 49.3 Å². The van der Waals surface area contributed by atoms with Crippen molar-refractivity contribution in [2.75, 3.05) is 7.05 Å². The Labute approximate surface area is 102 Å². The van der Waals surface area contributed by atoms with Gasteiger partial charge in [-0.15, -0.1) is 0 Å². The van der Waals surface area contributed by atoms with Crippen molar-refractivity contribution in [2.24, 2.45) is 5.92 Å². The average molecular weight is 233 g/mol. The SMILES string of the molecule is CNC(c1ccc(C(=O)O)cc1)C1CCCC1. The second-order valence-electron chi connectivity index (χ2n) is 4.74. The number of hydrogen-bond donors (Lipinski definition) is 2. The van der Waals surface area contributed by atoms with E-state index in [-0.39, 0.29) is 0 Å². The van der Waals surface area contributed by atoms with Crippen LogP contribution >= 0.6 is 0 Å². The maximum Gasteiger partial charge on any atom is 0.335 e. The standard InChI is InChI=1S/C14H19NO2/c1-15-13(10-4-2-3-5-10)11-6-8-12(9-7-11)14(16)17/h6-10,13,15H,2-5H2,1H3,(H,16,17). The number of carboxylic acids is 1. The molecule has 1 aromatic carbocycles. The molecule has 1 saturated carbocycles. The van der Waals surface area contributed by atoms with Crippen molar-refractivity contribution < 1.29 is 9.90 Å². The molecular weight excluding hydrogens is 214 g/mol. The van der Waals surface area contributed by atoms with Gasteiger partial charge in [0.2, 0.25) is 0 Å². The van der Waals surface area contributed by atoms with Crippen molar-refractivity contribution in [3.05, 3.63) is 35.4 Å². The Morgan fingerprint density at radius 1 is 1.29 bits per heavy atom. The predicted molar refractivity (Wildman–Crippen MR) is 67.2 cm³/mol. The van der Waals surface area contributed by atoms with Crippen LogP contribution in [0.5, 0.6) is 0 Å². The van der Waals surface area contributed by atoms with E-state index in [1.807, 2.05) is 19.2 Å². The first kappa shape index (κ1) is 12.1. The third kappa shape index (κ3) is 2.67. The lowest BCUT2D eigenvalue weighted by molar-refractivity contribution is 0.0697. The minimum atomic E-state index is -0.863. The Balaban J connectivity index is 2.16. The molecular formula is C14H19NO2. The summed E-state index contributed by atoms with van der Waals surface area (Å²) in [5.41, 5.74) is 1.56. The smallest absolute Gasteiger partial charge is 0.335 e. The molecule has 1 unspecified atom stereocenters. The molecule has 2 N–H and O–H groups in total. The van der Waals surface area contributed by atoms with Crippen LogP contribution in [0.2, 0.25) is 0 Å². The minimum Gasteiger partial charge on any atom is -0.478 e. The molecule has 0 aliphatic heterocycles. The molecule has 0 aromatic heterocycles. The first-order valence-corrected chi connectivity index (χ1v) is 6.23. The van der Waals surface area contributed by atoms with Crippen molar-refractivity contribution in [3.8, 4) is 0 Å². The van der Waals surface area contributed by atoms with Crippen LogP contribution in [0.4, 0.5) is 0 Å². The van der Waals surface area contributed by atoms with Crippen molar-refractivity contribution in [3.63, 3.8) is 0 Å². The predicted octanol–water partition coefficient (Wildman–Crippen LogP) is 2.84. The van der Waals surface area contributed by atoms with Crippen LogP contribution < -0.4 is 5.32 Å². The monoisotopic (exact) mass is 233 g/mol. The fourth-order valence-corrected chi connectivity index (χ4v) is 2.80. The summed E-state index contributed by atoms with van der Waals surface area (Å²) in [4.78, 5) is 10.8. The number of carboxylic acid groups (broad SMARTS) is 1. The number of rotatable bonds is 4. The van der Waals surface area contributed by atoms with Crippen LogP contribution in [-0.2, 0) is 0 Å². The second-order valence-corrected chi connectivity index (χ2v) is 4.74. The molecule has 0 bridgehead atoms. The molecule has 3 heteroatoms. The lowest BCUT2D eigenvalue weighted by Gasteiger charge is -2.23. The molecule has 1 aliphatic rings. The highest BCUT2D eigenvalue weighted by Crippen LogP contribution is 2.35. The maximum absolute atomic E-state index is 10.8. The van der Waals surface area contributed by atoms with E-state index in [0.717, 1.165) is 0 Å². The molecule has 1 aliphatic carbocycles. The number of benzene rings is 1. The summed E-state index contributed by atoms with van der Waals surface area (Å²) in [7, 11) is 1.98. The first-order chi connectivity index (χ1) is 8.22. The highest BCUT2D eigenvalue weighted by Gasteiger charge is 2.24. The average Bonchev–Trinajstić information content (AvgIpc) is 2.84. The zero-order chi connectivity index (χ0) is 12.3. The Morgan fingerprint density at radius 3 is 2.35 bits per heavy atom. The zero-order valence-corrected chi connectivity index (χ0v) is 10.1. The van der Waals surface area contributed by atoms with Gasteiger partial charge in [0, 0.05) is 6.04 Å². The number of nitrogens with one attached hydrogen (secondary N) is 1. The van der Waals surface area contributed by atoms with E-state index in [0.29, 0.717) is 17.5 Å². The Hall–Kier alpha value is -1.35. The van der Waals surface area contributed by atoms with E-state index in [1.54, 1.807) is 12.1 Å². The largest absolute Gasteiger partial charge is 0.478 e. The highest BCUT2D eigenvalue weighted by atomic mass is 16.4. The van der Waals surface area contributed by atoms with Gasteiger partial charge in [0.1, 0.15) is 0 Å². The van der Waals surface area contributed by atoms with Gasteiger partial charge in [0.25, 0.3) is 0 Å². The molecule has 0 amide bonds. The van der Waals surface area contributed by atoms with Crippen LogP contribution in [0, 0.1) is 5.92 Å². The third-order valence-corrected chi connectivity index (χ3v) is 3.70. The van der Waals surface area contributed by atoms with Crippen LogP contribution in [0.3, 0.4) is 0 Å². The van der Waals surface area contributed by atoms with E-state index in [2.05, 4.69) is 5.32 Å². The van der Waals surface area contributed by atoms with Gasteiger partial charge in [-0.25, -0.2) is 4.79 Å². The lowest BCUT2D eigenvalue weighted by Crippen LogP contribution is -2.23. The van der Waals surface area contributed by atoms with E-state index in [4.69, 9.17) is 5.11 Å². The summed E-state index contributed by atoms with van der Waals surface area (Å²) in [6.45, 7) is 0. The van der Waals surface area contributed by atoms with E-state index in [9.17, 15) is 4.79 Å². The molecule has 3 nitrogen and oxygen atoms in total. The highest BCUT2D eigenvalue weighted by molar-refractivity contribution is 5.87. The molecule has 1 atom stereocenters. The lowest BCUT2D eigenvalue weighted by atomic mass is 9.91. The molecule has 1 aromatic rings. The summed E-state index contributed by atoms with van der Waals surface area (Å²) >= 11 is 0. The number of aromatic carboxylic acids is 1. The Morgan fingerprint density at radius 2 is 1.88 bits per heavy atom. The first-order valence-electron chi connectivity index (χ1n) is 6.23. The molecule has 0 radical (unpaired) electrons. The van der Waals surface area contributed by atoms with Crippen molar-refractivity contribution >= 4 is 5.97 Å². The minimum absolute atomic E-state index is 0.357. The van der Waals surface area contributed by atoms with E-state index >= 15 is 0 Å². The van der Waals surface area contributed by atoms with Crippen molar-refractivity contribution in [1.82, 2.24) is 5.32 Å². The van der Waals surface area contributed by atoms with Crippen LogP contribution in [0.1, 0.15) is 47.6 Å². The summed E-state index contributed by atoms with van der Waals surface area (Å²) < 4.78 is 0. The van der Waals surface area contributed by atoms with Gasteiger partial charge < -0.3 is 10.4 Å². The summed E-state index contributed by atoms with van der Waals surface area (Å²) in [6.07, 6.45) is 5.17. The normalized spacial score (nSPS) is 18.2. The molecule has 0 heterocycles. The van der Waals surface area contributed by atoms with E-state index in [1.165, 1.54) is 31.2 Å². The van der Waals surface area contributed by atoms with Crippen molar-refractivity contribution in [1.29, 1.82) is 0 Å². The van der Waals surface area contributed by atoms with Gasteiger partial charge in [0.05, 0.1) is 5.56 Å².